The van der Waals surface area contributed by atoms with Crippen LogP contribution in [0, 0.1) is 0 Å². The molecule has 0 radical (unpaired) electrons. The summed E-state index contributed by atoms with van der Waals surface area (Å²) in [6.07, 6.45) is 0.883. The summed E-state index contributed by atoms with van der Waals surface area (Å²) in [5.74, 6) is -0.189. The van der Waals surface area contributed by atoms with Gasteiger partial charge in [-0.05, 0) is 25.0 Å². The molecule has 0 aromatic heterocycles. The molecule has 5 nitrogen and oxygen atoms in total. The van der Waals surface area contributed by atoms with Gasteiger partial charge in [0.1, 0.15) is 6.54 Å². The van der Waals surface area contributed by atoms with Gasteiger partial charge in [0.15, 0.2) is 0 Å². The van der Waals surface area contributed by atoms with E-state index in [1.165, 1.54) is 0 Å². The van der Waals surface area contributed by atoms with Crippen LogP contribution >= 0.6 is 0 Å². The lowest BCUT2D eigenvalue weighted by Gasteiger charge is -2.23. The Hall–Kier alpha value is -1.88. The monoisotopic (exact) mass is 275 g/mol. The van der Waals surface area contributed by atoms with Gasteiger partial charge in [-0.15, -0.1) is 0 Å². The Morgan fingerprint density at radius 2 is 2.20 bits per heavy atom. The van der Waals surface area contributed by atoms with Gasteiger partial charge in [0.25, 0.3) is 0 Å². The molecule has 0 saturated carbocycles. The molecule has 1 atom stereocenters. The van der Waals surface area contributed by atoms with Crippen molar-refractivity contribution in [1.29, 1.82) is 0 Å². The molecule has 0 aliphatic carbocycles. The molecule has 2 amide bonds. The van der Waals surface area contributed by atoms with E-state index in [-0.39, 0.29) is 24.4 Å². The maximum Gasteiger partial charge on any atom is 0.244 e. The van der Waals surface area contributed by atoms with Gasteiger partial charge in [-0.25, -0.2) is 0 Å². The first-order valence-corrected chi connectivity index (χ1v) is 7.03. The van der Waals surface area contributed by atoms with Gasteiger partial charge >= 0.3 is 0 Å². The van der Waals surface area contributed by atoms with Crippen molar-refractivity contribution in [3.63, 3.8) is 0 Å². The van der Waals surface area contributed by atoms with E-state index in [9.17, 15) is 9.59 Å². The van der Waals surface area contributed by atoms with Crippen LogP contribution < -0.4 is 15.5 Å². The number of anilines is 1. The molecular weight excluding hydrogens is 254 g/mol. The number of amides is 2. The first-order valence-electron chi connectivity index (χ1n) is 7.03. The summed E-state index contributed by atoms with van der Waals surface area (Å²) in [5.41, 5.74) is 1.86. The molecule has 1 aromatic carbocycles. The number of hydrogen-bond acceptors (Lipinski definition) is 3. The van der Waals surface area contributed by atoms with Crippen molar-refractivity contribution in [1.82, 2.24) is 10.6 Å². The fourth-order valence-corrected chi connectivity index (χ4v) is 2.25. The predicted octanol–water partition coefficient (Wildman–Crippen LogP) is 1.04. The lowest BCUT2D eigenvalue weighted by molar-refractivity contribution is -0.124. The van der Waals surface area contributed by atoms with Crippen LogP contribution in [0.3, 0.4) is 0 Å². The second kappa shape index (κ2) is 6.52. The molecule has 1 aliphatic heterocycles. The van der Waals surface area contributed by atoms with Crippen LogP contribution in [0.25, 0.3) is 0 Å². The number of para-hydroxylation sites is 1. The topological polar surface area (TPSA) is 61.4 Å². The molecule has 20 heavy (non-hydrogen) atoms. The molecule has 5 heteroatoms. The second-order valence-electron chi connectivity index (χ2n) is 5.01. The van der Waals surface area contributed by atoms with Crippen LogP contribution in [-0.2, 0) is 16.1 Å². The first-order chi connectivity index (χ1) is 9.63. The highest BCUT2D eigenvalue weighted by Gasteiger charge is 2.28. The van der Waals surface area contributed by atoms with Gasteiger partial charge in [0.2, 0.25) is 11.8 Å². The minimum Gasteiger partial charge on any atom is -0.355 e. The van der Waals surface area contributed by atoms with E-state index in [0.29, 0.717) is 13.1 Å². The summed E-state index contributed by atoms with van der Waals surface area (Å²) in [6, 6.07) is 7.40. The van der Waals surface area contributed by atoms with Crippen LogP contribution in [-0.4, -0.2) is 30.9 Å². The summed E-state index contributed by atoms with van der Waals surface area (Å²) in [4.78, 5) is 25.9. The Morgan fingerprint density at radius 3 is 2.95 bits per heavy atom. The molecule has 108 valence electrons. The zero-order chi connectivity index (χ0) is 14.5. The van der Waals surface area contributed by atoms with E-state index in [4.69, 9.17) is 0 Å². The molecule has 1 aliphatic rings. The van der Waals surface area contributed by atoms with Gasteiger partial charge in [-0.2, -0.15) is 0 Å². The van der Waals surface area contributed by atoms with Crippen LogP contribution in [0.4, 0.5) is 5.69 Å². The van der Waals surface area contributed by atoms with Crippen molar-refractivity contribution in [2.75, 3.05) is 18.0 Å². The van der Waals surface area contributed by atoms with Crippen molar-refractivity contribution in [3.05, 3.63) is 29.8 Å². The van der Waals surface area contributed by atoms with Crippen molar-refractivity contribution in [3.8, 4) is 0 Å². The summed E-state index contributed by atoms with van der Waals surface area (Å²) >= 11 is 0. The Morgan fingerprint density at radius 1 is 1.45 bits per heavy atom. The summed E-state index contributed by atoms with van der Waals surface area (Å²) in [6.45, 7) is 5.16. The predicted molar refractivity (Wildman–Crippen MR) is 78.4 cm³/mol. The highest BCUT2D eigenvalue weighted by Crippen LogP contribution is 2.23. The molecule has 2 N–H and O–H groups in total. The van der Waals surface area contributed by atoms with Crippen molar-refractivity contribution in [2.24, 2.45) is 0 Å². The standard InChI is InChI=1S/C15H21N3O2/c1-3-8-16-14(19)10-18-13-7-5-4-6-12(13)9-17-11(2)15(18)20/h4-7,11,17H,3,8-10H2,1-2H3,(H,16,19). The first kappa shape index (κ1) is 14.5. The largest absolute Gasteiger partial charge is 0.355 e. The highest BCUT2D eigenvalue weighted by atomic mass is 16.2. The quantitative estimate of drug-likeness (QED) is 0.863. The average molecular weight is 275 g/mol. The maximum atomic E-state index is 12.4. The summed E-state index contributed by atoms with van der Waals surface area (Å²) < 4.78 is 0. The second-order valence-corrected chi connectivity index (χ2v) is 5.01. The molecule has 0 saturated heterocycles. The Bertz CT molecular complexity index is 502. The number of carbonyl (C=O) groups excluding carboxylic acids is 2. The SMILES string of the molecule is CCCNC(=O)CN1C(=O)C(C)NCc2ccccc21. The van der Waals surface area contributed by atoms with E-state index in [1.807, 2.05) is 38.1 Å². The molecule has 1 aromatic rings. The van der Waals surface area contributed by atoms with Gasteiger partial charge in [-0.3, -0.25) is 9.59 Å². The van der Waals surface area contributed by atoms with Crippen molar-refractivity contribution >= 4 is 17.5 Å². The molecule has 0 spiro atoms. The normalized spacial score (nSPS) is 18.4. The fourth-order valence-electron chi connectivity index (χ4n) is 2.25. The van der Waals surface area contributed by atoms with E-state index in [2.05, 4.69) is 10.6 Å². The number of benzene rings is 1. The number of hydrogen-bond donors (Lipinski definition) is 2. The third kappa shape index (κ3) is 3.17. The summed E-state index contributed by atoms with van der Waals surface area (Å²) in [5, 5.41) is 5.99. The van der Waals surface area contributed by atoms with Gasteiger partial charge in [0, 0.05) is 18.8 Å². The minimum atomic E-state index is -0.290. The van der Waals surface area contributed by atoms with E-state index in [0.717, 1.165) is 17.7 Å². The third-order valence-corrected chi connectivity index (χ3v) is 3.39. The minimum absolute atomic E-state index is 0.0680. The van der Waals surface area contributed by atoms with Crippen LogP contribution in [0.1, 0.15) is 25.8 Å². The smallest absolute Gasteiger partial charge is 0.244 e. The number of nitrogens with zero attached hydrogens (tertiary/aromatic N) is 1. The molecule has 0 bridgehead atoms. The number of carbonyl (C=O) groups is 2. The van der Waals surface area contributed by atoms with Crippen LogP contribution in [0.2, 0.25) is 0 Å². The van der Waals surface area contributed by atoms with Gasteiger partial charge in [-0.1, -0.05) is 25.1 Å². The number of fused-ring (bicyclic) bond motifs is 1. The van der Waals surface area contributed by atoms with Crippen LogP contribution in [0.5, 0.6) is 0 Å². The Kier molecular flexibility index (Phi) is 4.74. The fraction of sp³-hybridized carbons (Fsp3) is 0.467. The maximum absolute atomic E-state index is 12.4. The van der Waals surface area contributed by atoms with E-state index >= 15 is 0 Å². The Labute approximate surface area is 119 Å². The molecular formula is C15H21N3O2. The van der Waals surface area contributed by atoms with Crippen molar-refractivity contribution < 1.29 is 9.59 Å². The molecule has 1 heterocycles. The zero-order valence-electron chi connectivity index (χ0n) is 12.0. The molecule has 1 unspecified atom stereocenters. The van der Waals surface area contributed by atoms with Gasteiger partial charge in [0.05, 0.1) is 6.04 Å². The zero-order valence-corrected chi connectivity index (χ0v) is 12.0. The van der Waals surface area contributed by atoms with Crippen LogP contribution in [0.15, 0.2) is 24.3 Å². The van der Waals surface area contributed by atoms with E-state index in [1.54, 1.807) is 4.90 Å². The number of nitrogens with one attached hydrogen (secondary N) is 2. The lowest BCUT2D eigenvalue weighted by Crippen LogP contribution is -2.46. The highest BCUT2D eigenvalue weighted by molar-refractivity contribution is 6.02. The summed E-state index contributed by atoms with van der Waals surface area (Å²) in [7, 11) is 0. The van der Waals surface area contributed by atoms with Crippen molar-refractivity contribution in [2.45, 2.75) is 32.9 Å². The van der Waals surface area contributed by atoms with E-state index < -0.39 is 0 Å². The molecule has 0 fully saturated rings. The van der Waals surface area contributed by atoms with Gasteiger partial charge < -0.3 is 15.5 Å². The Balaban J connectivity index is 2.22. The number of rotatable bonds is 4. The third-order valence-electron chi connectivity index (χ3n) is 3.39. The average Bonchev–Trinajstić information content (AvgIpc) is 2.58. The lowest BCUT2D eigenvalue weighted by atomic mass is 10.1. The molecule has 2 rings (SSSR count).